The predicted molar refractivity (Wildman–Crippen MR) is 117 cm³/mol. The van der Waals surface area contributed by atoms with E-state index in [1.807, 2.05) is 13.8 Å². The highest BCUT2D eigenvalue weighted by Crippen LogP contribution is 2.41. The molecule has 4 aromatic rings. The molecular formula is C24H22F2N6O2. The van der Waals surface area contributed by atoms with Crippen LogP contribution in [0.2, 0.25) is 0 Å². The third-order valence-electron chi connectivity index (χ3n) is 6.47. The van der Waals surface area contributed by atoms with E-state index < -0.39 is 11.6 Å². The largest absolute Gasteiger partial charge is 0.370 e. The molecule has 8 nitrogen and oxygen atoms in total. The molecule has 0 spiro atoms. The Bertz CT molecular complexity index is 1400. The molecule has 1 aliphatic carbocycles. The fourth-order valence-electron chi connectivity index (χ4n) is 4.27. The van der Waals surface area contributed by atoms with Crippen LogP contribution in [0, 0.1) is 25.5 Å². The average molecular weight is 464 g/mol. The van der Waals surface area contributed by atoms with Gasteiger partial charge in [0.2, 0.25) is 11.7 Å². The number of rotatable bonds is 4. The van der Waals surface area contributed by atoms with Gasteiger partial charge in [-0.25, -0.2) is 28.7 Å². The number of hydrogen-bond donors (Lipinski definition) is 0. The Morgan fingerprint density at radius 3 is 2.50 bits per heavy atom. The minimum atomic E-state index is -0.713. The molecule has 0 bridgehead atoms. The van der Waals surface area contributed by atoms with Crippen molar-refractivity contribution in [2.75, 3.05) is 6.61 Å². The molecule has 2 fully saturated rings. The number of halogens is 2. The summed E-state index contributed by atoms with van der Waals surface area (Å²) in [6.45, 7) is 4.15. The molecule has 6 rings (SSSR count). The van der Waals surface area contributed by atoms with Gasteiger partial charge in [0.1, 0.15) is 34.8 Å². The van der Waals surface area contributed by atoms with Crippen LogP contribution in [-0.2, 0) is 4.74 Å². The number of aromatic nitrogens is 6. The lowest BCUT2D eigenvalue weighted by Crippen LogP contribution is -2.21. The van der Waals surface area contributed by atoms with Crippen molar-refractivity contribution in [2.45, 2.75) is 57.5 Å². The molecule has 3 aromatic heterocycles. The molecule has 0 radical (unpaired) electrons. The summed E-state index contributed by atoms with van der Waals surface area (Å²) in [5.41, 5.74) is 2.64. The quantitative estimate of drug-likeness (QED) is 0.421. The van der Waals surface area contributed by atoms with E-state index >= 15 is 0 Å². The Morgan fingerprint density at radius 2 is 1.71 bits per heavy atom. The standard InChI is InChI=1S/C24H22F2N6O2/c1-11-12(2)28-23-20(27-11)19(16-6-5-15(25)10-17(16)26)29-21(30-23)14-7-8-33-18(9-14)22-31-24(34-32-22)13-3-4-13/h5-6,10,13-14,18H,3-4,7-9H2,1-2H3/t14-,18-/m0/s1. The summed E-state index contributed by atoms with van der Waals surface area (Å²) in [5, 5.41) is 4.13. The van der Waals surface area contributed by atoms with Gasteiger partial charge < -0.3 is 9.26 Å². The molecule has 4 heterocycles. The van der Waals surface area contributed by atoms with E-state index in [0.717, 1.165) is 24.6 Å². The van der Waals surface area contributed by atoms with Crippen molar-refractivity contribution in [3.05, 3.63) is 58.8 Å². The van der Waals surface area contributed by atoms with Crippen LogP contribution in [0.3, 0.4) is 0 Å². The summed E-state index contributed by atoms with van der Waals surface area (Å²) in [4.78, 5) is 23.1. The average Bonchev–Trinajstić information content (AvgIpc) is 3.56. The summed E-state index contributed by atoms with van der Waals surface area (Å²) in [5.74, 6) is 0.620. The Balaban J connectivity index is 1.41. The van der Waals surface area contributed by atoms with Crippen molar-refractivity contribution in [2.24, 2.45) is 0 Å². The van der Waals surface area contributed by atoms with Crippen LogP contribution in [0.5, 0.6) is 0 Å². The van der Waals surface area contributed by atoms with E-state index in [0.29, 0.717) is 65.5 Å². The third-order valence-corrected chi connectivity index (χ3v) is 6.47. The summed E-state index contributed by atoms with van der Waals surface area (Å²) >= 11 is 0. The number of aryl methyl sites for hydroxylation is 2. The fourth-order valence-corrected chi connectivity index (χ4v) is 4.27. The first-order chi connectivity index (χ1) is 16.5. The third kappa shape index (κ3) is 3.81. The summed E-state index contributed by atoms with van der Waals surface area (Å²) in [7, 11) is 0. The van der Waals surface area contributed by atoms with Crippen molar-refractivity contribution in [3.8, 4) is 11.3 Å². The van der Waals surface area contributed by atoms with E-state index in [2.05, 4.69) is 20.1 Å². The first kappa shape index (κ1) is 21.2. The number of benzene rings is 1. The molecule has 0 N–H and O–H groups in total. The van der Waals surface area contributed by atoms with Crippen molar-refractivity contribution >= 4 is 11.2 Å². The zero-order valence-electron chi connectivity index (χ0n) is 18.8. The SMILES string of the molecule is Cc1nc2nc([C@H]3CCO[C@H](c4noc(C5CC5)n4)C3)nc(-c3ccc(F)cc3F)c2nc1C. The van der Waals surface area contributed by atoms with Gasteiger partial charge in [0.25, 0.3) is 0 Å². The molecular weight excluding hydrogens is 442 g/mol. The number of fused-ring (bicyclic) bond motifs is 1. The van der Waals surface area contributed by atoms with Gasteiger partial charge in [-0.15, -0.1) is 0 Å². The van der Waals surface area contributed by atoms with Crippen molar-refractivity contribution in [1.29, 1.82) is 0 Å². The summed E-state index contributed by atoms with van der Waals surface area (Å²) in [6, 6.07) is 3.42. The molecule has 0 amide bonds. The van der Waals surface area contributed by atoms with Crippen molar-refractivity contribution in [1.82, 2.24) is 30.1 Å². The fraction of sp³-hybridized carbons (Fsp3) is 0.417. The first-order valence-corrected chi connectivity index (χ1v) is 11.4. The van der Waals surface area contributed by atoms with Crippen molar-refractivity contribution in [3.63, 3.8) is 0 Å². The van der Waals surface area contributed by atoms with Crippen LogP contribution in [0.15, 0.2) is 22.7 Å². The molecule has 1 saturated heterocycles. The van der Waals surface area contributed by atoms with Crippen LogP contribution in [0.1, 0.15) is 72.6 Å². The Kier molecular flexibility index (Phi) is 5.05. The van der Waals surface area contributed by atoms with Gasteiger partial charge in [-0.1, -0.05) is 5.16 Å². The molecule has 2 atom stereocenters. The number of nitrogens with zero attached hydrogens (tertiary/aromatic N) is 6. The van der Waals surface area contributed by atoms with E-state index in [1.165, 1.54) is 12.1 Å². The van der Waals surface area contributed by atoms with Gasteiger partial charge in [-0.3, -0.25) is 0 Å². The second kappa shape index (κ2) is 8.12. The van der Waals surface area contributed by atoms with Crippen LogP contribution in [-0.4, -0.2) is 36.7 Å². The monoisotopic (exact) mass is 464 g/mol. The zero-order valence-corrected chi connectivity index (χ0v) is 18.8. The van der Waals surface area contributed by atoms with Gasteiger partial charge in [-0.2, -0.15) is 4.98 Å². The van der Waals surface area contributed by atoms with Crippen molar-refractivity contribution < 1.29 is 18.0 Å². The lowest BCUT2D eigenvalue weighted by Gasteiger charge is -2.27. The highest BCUT2D eigenvalue weighted by atomic mass is 19.1. The minimum absolute atomic E-state index is 0.0864. The lowest BCUT2D eigenvalue weighted by molar-refractivity contribution is -0.00240. The molecule has 2 aliphatic rings. The molecule has 1 saturated carbocycles. The molecule has 174 valence electrons. The Hall–Kier alpha value is -3.40. The minimum Gasteiger partial charge on any atom is -0.370 e. The first-order valence-electron chi connectivity index (χ1n) is 11.4. The second-order valence-electron chi connectivity index (χ2n) is 8.97. The highest BCUT2D eigenvalue weighted by Gasteiger charge is 2.34. The lowest BCUT2D eigenvalue weighted by atomic mass is 9.94. The van der Waals surface area contributed by atoms with Gasteiger partial charge in [0, 0.05) is 30.1 Å². The maximum Gasteiger partial charge on any atom is 0.229 e. The maximum absolute atomic E-state index is 14.8. The van der Waals surface area contributed by atoms with Crippen LogP contribution in [0.25, 0.3) is 22.4 Å². The Morgan fingerprint density at radius 1 is 0.882 bits per heavy atom. The van der Waals surface area contributed by atoms with Gasteiger partial charge >= 0.3 is 0 Å². The normalized spacial score (nSPS) is 20.7. The highest BCUT2D eigenvalue weighted by molar-refractivity contribution is 5.87. The van der Waals surface area contributed by atoms with Crippen LogP contribution in [0.4, 0.5) is 8.78 Å². The van der Waals surface area contributed by atoms with Crippen LogP contribution >= 0.6 is 0 Å². The number of hydrogen-bond acceptors (Lipinski definition) is 8. The van der Waals surface area contributed by atoms with Gasteiger partial charge in [0.05, 0.1) is 11.4 Å². The molecule has 1 aromatic carbocycles. The second-order valence-corrected chi connectivity index (χ2v) is 8.97. The Labute approximate surface area is 193 Å². The molecule has 0 unspecified atom stereocenters. The van der Waals surface area contributed by atoms with Crippen LogP contribution < -0.4 is 0 Å². The zero-order chi connectivity index (χ0) is 23.4. The molecule has 10 heteroatoms. The summed E-state index contributed by atoms with van der Waals surface area (Å²) in [6.07, 6.45) is 3.04. The van der Waals surface area contributed by atoms with E-state index in [-0.39, 0.29) is 17.6 Å². The van der Waals surface area contributed by atoms with Gasteiger partial charge in [-0.05, 0) is 51.7 Å². The van der Waals surface area contributed by atoms with Gasteiger partial charge in [0.15, 0.2) is 5.65 Å². The van der Waals surface area contributed by atoms with E-state index in [9.17, 15) is 8.78 Å². The molecule has 1 aliphatic heterocycles. The molecule has 34 heavy (non-hydrogen) atoms. The smallest absolute Gasteiger partial charge is 0.229 e. The van der Waals surface area contributed by atoms with E-state index in [1.54, 1.807) is 0 Å². The maximum atomic E-state index is 14.8. The number of ether oxygens (including phenoxy) is 1. The topological polar surface area (TPSA) is 99.7 Å². The summed E-state index contributed by atoms with van der Waals surface area (Å²) < 4.78 is 39.7. The predicted octanol–water partition coefficient (Wildman–Crippen LogP) is 4.88. The van der Waals surface area contributed by atoms with E-state index in [4.69, 9.17) is 19.2 Å².